The van der Waals surface area contributed by atoms with Crippen LogP contribution in [0.2, 0.25) is 0 Å². The Labute approximate surface area is 100 Å². The van der Waals surface area contributed by atoms with E-state index in [1.54, 1.807) is 0 Å². The van der Waals surface area contributed by atoms with Gasteiger partial charge in [0.2, 0.25) is 5.89 Å². The van der Waals surface area contributed by atoms with Crippen LogP contribution in [-0.4, -0.2) is 35.7 Å². The Bertz CT molecular complexity index is 396. The standard InChI is InChI=1S/C11H18N4O2/c1-3-11(5-6-12-7-11)10-14-8(15-17-10)9(16)13-4-2/h12H,3-7H2,1-2H3,(H,13,16). The summed E-state index contributed by atoms with van der Waals surface area (Å²) in [5.41, 5.74) is -0.0995. The predicted molar refractivity (Wildman–Crippen MR) is 61.8 cm³/mol. The van der Waals surface area contributed by atoms with Crippen molar-refractivity contribution in [1.29, 1.82) is 0 Å². The van der Waals surface area contributed by atoms with E-state index in [0.29, 0.717) is 12.4 Å². The van der Waals surface area contributed by atoms with Gasteiger partial charge in [-0.15, -0.1) is 0 Å². The van der Waals surface area contributed by atoms with E-state index in [9.17, 15) is 4.79 Å². The Balaban J connectivity index is 2.19. The number of nitrogens with zero attached hydrogens (tertiary/aromatic N) is 2. The lowest BCUT2D eigenvalue weighted by Crippen LogP contribution is -2.29. The van der Waals surface area contributed by atoms with Crippen LogP contribution < -0.4 is 10.6 Å². The predicted octanol–water partition coefficient (Wildman–Crippen LogP) is 0.460. The molecular formula is C11H18N4O2. The van der Waals surface area contributed by atoms with Gasteiger partial charge < -0.3 is 15.2 Å². The van der Waals surface area contributed by atoms with Gasteiger partial charge in [-0.05, 0) is 26.3 Å². The van der Waals surface area contributed by atoms with Gasteiger partial charge in [-0.25, -0.2) is 0 Å². The molecule has 0 saturated carbocycles. The number of nitrogens with one attached hydrogen (secondary N) is 2. The Morgan fingerprint density at radius 3 is 3.00 bits per heavy atom. The molecule has 1 unspecified atom stereocenters. The minimum absolute atomic E-state index is 0.0995. The quantitative estimate of drug-likeness (QED) is 0.796. The second-order valence-electron chi connectivity index (χ2n) is 4.34. The molecule has 0 radical (unpaired) electrons. The van der Waals surface area contributed by atoms with E-state index >= 15 is 0 Å². The zero-order valence-corrected chi connectivity index (χ0v) is 10.2. The molecule has 94 valence electrons. The fourth-order valence-electron chi connectivity index (χ4n) is 2.15. The van der Waals surface area contributed by atoms with Crippen LogP contribution in [0.25, 0.3) is 0 Å². The van der Waals surface area contributed by atoms with Gasteiger partial charge in [0.05, 0.1) is 5.41 Å². The molecule has 0 bridgehead atoms. The number of hydrogen-bond acceptors (Lipinski definition) is 5. The maximum absolute atomic E-state index is 11.6. The van der Waals surface area contributed by atoms with Gasteiger partial charge in [-0.3, -0.25) is 4.79 Å². The first-order valence-electron chi connectivity index (χ1n) is 6.05. The van der Waals surface area contributed by atoms with E-state index < -0.39 is 0 Å². The number of amides is 1. The fraction of sp³-hybridized carbons (Fsp3) is 0.727. The van der Waals surface area contributed by atoms with E-state index in [4.69, 9.17) is 4.52 Å². The van der Waals surface area contributed by atoms with Gasteiger partial charge in [0.15, 0.2) is 0 Å². The largest absolute Gasteiger partial charge is 0.349 e. The zero-order chi connectivity index (χ0) is 12.3. The van der Waals surface area contributed by atoms with Crippen LogP contribution in [0, 0.1) is 0 Å². The van der Waals surface area contributed by atoms with Crippen molar-refractivity contribution < 1.29 is 9.32 Å². The van der Waals surface area contributed by atoms with Crippen molar-refractivity contribution in [2.75, 3.05) is 19.6 Å². The third kappa shape index (κ3) is 2.17. The molecule has 0 aliphatic carbocycles. The van der Waals surface area contributed by atoms with Crippen molar-refractivity contribution in [1.82, 2.24) is 20.8 Å². The van der Waals surface area contributed by atoms with Crippen LogP contribution in [0.3, 0.4) is 0 Å². The number of carbonyl (C=O) groups is 1. The molecule has 2 N–H and O–H groups in total. The normalized spacial score (nSPS) is 23.9. The lowest BCUT2D eigenvalue weighted by atomic mass is 9.84. The van der Waals surface area contributed by atoms with Crippen molar-refractivity contribution in [3.05, 3.63) is 11.7 Å². The summed E-state index contributed by atoms with van der Waals surface area (Å²) in [6.07, 6.45) is 1.90. The zero-order valence-electron chi connectivity index (χ0n) is 10.2. The number of carbonyl (C=O) groups excluding carboxylic acids is 1. The summed E-state index contributed by atoms with van der Waals surface area (Å²) in [4.78, 5) is 15.8. The molecule has 1 aromatic rings. The summed E-state index contributed by atoms with van der Waals surface area (Å²) >= 11 is 0. The van der Waals surface area contributed by atoms with E-state index in [2.05, 4.69) is 27.7 Å². The Morgan fingerprint density at radius 2 is 2.41 bits per heavy atom. The van der Waals surface area contributed by atoms with E-state index in [1.165, 1.54) is 0 Å². The smallest absolute Gasteiger partial charge is 0.292 e. The van der Waals surface area contributed by atoms with Gasteiger partial charge in [0, 0.05) is 13.1 Å². The van der Waals surface area contributed by atoms with Crippen molar-refractivity contribution in [3.63, 3.8) is 0 Å². The first-order valence-corrected chi connectivity index (χ1v) is 6.05. The van der Waals surface area contributed by atoms with Gasteiger partial charge in [-0.2, -0.15) is 4.98 Å². The van der Waals surface area contributed by atoms with Gasteiger partial charge in [0.25, 0.3) is 11.7 Å². The van der Waals surface area contributed by atoms with Crippen LogP contribution in [0.4, 0.5) is 0 Å². The number of hydrogen-bond donors (Lipinski definition) is 2. The number of aromatic nitrogens is 2. The molecule has 6 nitrogen and oxygen atoms in total. The summed E-state index contributed by atoms with van der Waals surface area (Å²) in [6.45, 7) is 6.30. The van der Waals surface area contributed by atoms with Crippen molar-refractivity contribution in [2.24, 2.45) is 0 Å². The van der Waals surface area contributed by atoms with Crippen LogP contribution in [0.1, 0.15) is 43.2 Å². The maximum Gasteiger partial charge on any atom is 0.292 e. The Hall–Kier alpha value is -1.43. The van der Waals surface area contributed by atoms with Crippen molar-refractivity contribution in [2.45, 2.75) is 32.1 Å². The Kier molecular flexibility index (Phi) is 3.42. The van der Waals surface area contributed by atoms with E-state index in [1.807, 2.05) is 6.92 Å². The molecule has 17 heavy (non-hydrogen) atoms. The lowest BCUT2D eigenvalue weighted by Gasteiger charge is -2.20. The van der Waals surface area contributed by atoms with Gasteiger partial charge in [0.1, 0.15) is 0 Å². The molecule has 1 aliphatic rings. The third-order valence-electron chi connectivity index (χ3n) is 3.34. The molecule has 1 aromatic heterocycles. The minimum Gasteiger partial charge on any atom is -0.349 e. The highest BCUT2D eigenvalue weighted by molar-refractivity contribution is 5.90. The second kappa shape index (κ2) is 4.83. The molecule has 0 spiro atoms. The average molecular weight is 238 g/mol. The van der Waals surface area contributed by atoms with Gasteiger partial charge >= 0.3 is 0 Å². The summed E-state index contributed by atoms with van der Waals surface area (Å²) in [5, 5.41) is 9.70. The highest BCUT2D eigenvalue weighted by Gasteiger charge is 2.39. The SMILES string of the molecule is CCNC(=O)c1noc(C2(CC)CCNC2)n1. The molecule has 1 amide bonds. The number of rotatable bonds is 4. The highest BCUT2D eigenvalue weighted by atomic mass is 16.5. The summed E-state index contributed by atoms with van der Waals surface area (Å²) < 4.78 is 5.25. The minimum atomic E-state index is -0.278. The molecular weight excluding hydrogens is 220 g/mol. The summed E-state index contributed by atoms with van der Waals surface area (Å²) in [7, 11) is 0. The van der Waals surface area contributed by atoms with Crippen LogP contribution >= 0.6 is 0 Å². The van der Waals surface area contributed by atoms with Crippen LogP contribution in [-0.2, 0) is 5.41 Å². The fourth-order valence-corrected chi connectivity index (χ4v) is 2.15. The molecule has 2 heterocycles. The molecule has 1 atom stereocenters. The average Bonchev–Trinajstić information content (AvgIpc) is 2.99. The summed E-state index contributed by atoms with van der Waals surface area (Å²) in [5.74, 6) is 0.424. The lowest BCUT2D eigenvalue weighted by molar-refractivity contribution is 0.0942. The van der Waals surface area contributed by atoms with Gasteiger partial charge in [-0.1, -0.05) is 12.1 Å². The molecule has 2 rings (SSSR count). The first-order chi connectivity index (χ1) is 8.22. The molecule has 1 aliphatic heterocycles. The first kappa shape index (κ1) is 12.0. The summed E-state index contributed by atoms with van der Waals surface area (Å²) in [6, 6.07) is 0. The van der Waals surface area contributed by atoms with E-state index in [-0.39, 0.29) is 17.1 Å². The molecule has 6 heteroatoms. The second-order valence-corrected chi connectivity index (χ2v) is 4.34. The van der Waals surface area contributed by atoms with Crippen LogP contribution in [0.15, 0.2) is 4.52 Å². The van der Waals surface area contributed by atoms with Crippen molar-refractivity contribution >= 4 is 5.91 Å². The molecule has 1 fully saturated rings. The maximum atomic E-state index is 11.6. The van der Waals surface area contributed by atoms with Crippen LogP contribution in [0.5, 0.6) is 0 Å². The third-order valence-corrected chi connectivity index (χ3v) is 3.34. The topological polar surface area (TPSA) is 80.0 Å². The molecule has 0 aromatic carbocycles. The van der Waals surface area contributed by atoms with Crippen molar-refractivity contribution in [3.8, 4) is 0 Å². The molecule has 1 saturated heterocycles. The highest BCUT2D eigenvalue weighted by Crippen LogP contribution is 2.32. The Morgan fingerprint density at radius 1 is 1.59 bits per heavy atom. The monoisotopic (exact) mass is 238 g/mol. The van der Waals surface area contributed by atoms with E-state index in [0.717, 1.165) is 25.9 Å².